The van der Waals surface area contributed by atoms with Crippen molar-refractivity contribution in [2.75, 3.05) is 39.5 Å². The van der Waals surface area contributed by atoms with Gasteiger partial charge in [0, 0.05) is 38.6 Å². The van der Waals surface area contributed by atoms with E-state index in [9.17, 15) is 0 Å². The molecule has 0 radical (unpaired) electrons. The molecule has 1 saturated heterocycles. The summed E-state index contributed by atoms with van der Waals surface area (Å²) in [4.78, 5) is 4.70. The average Bonchev–Trinajstić information content (AvgIpc) is 3.43. The molecule has 0 spiro atoms. The molecule has 2 N–H and O–H groups in total. The molecular formula is C22H32IN3O3. The summed E-state index contributed by atoms with van der Waals surface area (Å²) in [5.74, 6) is 2.36. The Morgan fingerprint density at radius 1 is 1.10 bits per heavy atom. The molecule has 2 heterocycles. The van der Waals surface area contributed by atoms with Crippen LogP contribution in [0.3, 0.4) is 0 Å². The third kappa shape index (κ3) is 9.64. The molecule has 1 aromatic heterocycles. The van der Waals surface area contributed by atoms with Crippen molar-refractivity contribution >= 4 is 29.9 Å². The number of halogens is 1. The summed E-state index contributed by atoms with van der Waals surface area (Å²) in [6.07, 6.45) is 4.59. The fourth-order valence-corrected chi connectivity index (χ4v) is 3.03. The van der Waals surface area contributed by atoms with Gasteiger partial charge in [0.25, 0.3) is 0 Å². The molecule has 6 nitrogen and oxygen atoms in total. The molecule has 2 aromatic rings. The minimum Gasteiger partial charge on any atom is -0.469 e. The molecule has 3 rings (SSSR count). The SMILES string of the molecule is I.c1ccc(CN=C(NCCCOCC2CCOC2)NCCc2ccco2)cc1. The fraction of sp³-hybridized carbons (Fsp3) is 0.500. The van der Waals surface area contributed by atoms with E-state index in [0.717, 1.165) is 70.5 Å². The standard InChI is InChI=1S/C22H31N3O3.HI/c1-2-6-19(7-3-1)16-25-22(24-12-9-21-8-4-14-28-21)23-11-5-13-26-17-20-10-15-27-18-20;/h1-4,6-8,14,20H,5,9-13,15-18H2,(H2,23,24,25);1H. The average molecular weight is 513 g/mol. The monoisotopic (exact) mass is 513 g/mol. The first-order valence-electron chi connectivity index (χ1n) is 10.1. The van der Waals surface area contributed by atoms with Crippen LogP contribution >= 0.6 is 24.0 Å². The second-order valence-corrected chi connectivity index (χ2v) is 6.99. The Hall–Kier alpha value is -1.58. The number of nitrogens with zero attached hydrogens (tertiary/aromatic N) is 1. The van der Waals surface area contributed by atoms with E-state index in [0.29, 0.717) is 12.5 Å². The van der Waals surface area contributed by atoms with Crippen LogP contribution in [0.25, 0.3) is 0 Å². The Balaban J connectivity index is 0.00000300. The van der Waals surface area contributed by atoms with Crippen LogP contribution in [0.2, 0.25) is 0 Å². The van der Waals surface area contributed by atoms with Gasteiger partial charge in [-0.15, -0.1) is 24.0 Å². The topological polar surface area (TPSA) is 68.0 Å². The molecule has 160 valence electrons. The Kier molecular flexibility index (Phi) is 11.8. The molecule has 1 aliphatic heterocycles. The molecule has 1 aliphatic rings. The molecule has 0 bridgehead atoms. The molecule has 0 amide bonds. The predicted octanol–water partition coefficient (Wildman–Crippen LogP) is 3.62. The largest absolute Gasteiger partial charge is 0.469 e. The van der Waals surface area contributed by atoms with Gasteiger partial charge in [0.2, 0.25) is 0 Å². The van der Waals surface area contributed by atoms with Gasteiger partial charge in [-0.2, -0.15) is 0 Å². The van der Waals surface area contributed by atoms with Gasteiger partial charge in [0.05, 0.1) is 26.0 Å². The van der Waals surface area contributed by atoms with Crippen LogP contribution in [0.5, 0.6) is 0 Å². The Morgan fingerprint density at radius 2 is 1.97 bits per heavy atom. The highest BCUT2D eigenvalue weighted by Crippen LogP contribution is 2.12. The molecule has 1 aromatic carbocycles. The highest BCUT2D eigenvalue weighted by Gasteiger charge is 2.15. The number of hydrogen-bond acceptors (Lipinski definition) is 4. The van der Waals surface area contributed by atoms with E-state index in [-0.39, 0.29) is 24.0 Å². The van der Waals surface area contributed by atoms with Gasteiger partial charge in [0.15, 0.2) is 5.96 Å². The molecular weight excluding hydrogens is 481 g/mol. The molecule has 7 heteroatoms. The minimum atomic E-state index is 0. The van der Waals surface area contributed by atoms with E-state index < -0.39 is 0 Å². The summed E-state index contributed by atoms with van der Waals surface area (Å²) in [6.45, 7) is 5.51. The zero-order valence-electron chi connectivity index (χ0n) is 16.8. The number of guanidine groups is 1. The second kappa shape index (κ2) is 14.4. The molecule has 1 atom stereocenters. The predicted molar refractivity (Wildman–Crippen MR) is 126 cm³/mol. The van der Waals surface area contributed by atoms with Gasteiger partial charge in [-0.05, 0) is 30.5 Å². The van der Waals surface area contributed by atoms with E-state index in [1.54, 1.807) is 6.26 Å². The van der Waals surface area contributed by atoms with Crippen molar-refractivity contribution in [2.45, 2.75) is 25.8 Å². The lowest BCUT2D eigenvalue weighted by atomic mass is 10.1. The van der Waals surface area contributed by atoms with E-state index in [1.165, 1.54) is 5.56 Å². The Morgan fingerprint density at radius 3 is 2.72 bits per heavy atom. The number of nitrogens with one attached hydrogen (secondary N) is 2. The highest BCUT2D eigenvalue weighted by molar-refractivity contribution is 14.0. The molecule has 0 aliphatic carbocycles. The van der Waals surface area contributed by atoms with Crippen molar-refractivity contribution in [2.24, 2.45) is 10.9 Å². The van der Waals surface area contributed by atoms with Crippen LogP contribution in [-0.4, -0.2) is 45.5 Å². The lowest BCUT2D eigenvalue weighted by Gasteiger charge is -2.13. The van der Waals surface area contributed by atoms with Gasteiger partial charge in [0.1, 0.15) is 5.76 Å². The first-order chi connectivity index (χ1) is 13.9. The van der Waals surface area contributed by atoms with Crippen LogP contribution < -0.4 is 10.6 Å². The van der Waals surface area contributed by atoms with Crippen molar-refractivity contribution in [3.63, 3.8) is 0 Å². The summed E-state index contributed by atoms with van der Waals surface area (Å²) >= 11 is 0. The van der Waals surface area contributed by atoms with Crippen molar-refractivity contribution in [3.8, 4) is 0 Å². The van der Waals surface area contributed by atoms with Crippen LogP contribution in [0, 0.1) is 5.92 Å². The Bertz CT molecular complexity index is 674. The van der Waals surface area contributed by atoms with Gasteiger partial charge in [-0.3, -0.25) is 0 Å². The maximum Gasteiger partial charge on any atom is 0.191 e. The molecule has 0 saturated carbocycles. The van der Waals surface area contributed by atoms with E-state index >= 15 is 0 Å². The van der Waals surface area contributed by atoms with Crippen LogP contribution in [-0.2, 0) is 22.4 Å². The zero-order valence-corrected chi connectivity index (χ0v) is 19.2. The van der Waals surface area contributed by atoms with E-state index in [2.05, 4.69) is 22.8 Å². The van der Waals surface area contributed by atoms with Gasteiger partial charge in [-0.25, -0.2) is 4.99 Å². The van der Waals surface area contributed by atoms with Crippen LogP contribution in [0.4, 0.5) is 0 Å². The number of hydrogen-bond donors (Lipinski definition) is 2. The third-order valence-electron chi connectivity index (χ3n) is 4.64. The van der Waals surface area contributed by atoms with Crippen LogP contribution in [0.15, 0.2) is 58.1 Å². The normalized spacial score (nSPS) is 16.4. The van der Waals surface area contributed by atoms with Crippen molar-refractivity contribution in [1.82, 2.24) is 10.6 Å². The quantitative estimate of drug-likeness (QED) is 0.208. The molecule has 29 heavy (non-hydrogen) atoms. The third-order valence-corrected chi connectivity index (χ3v) is 4.64. The van der Waals surface area contributed by atoms with Crippen molar-refractivity contribution in [1.29, 1.82) is 0 Å². The first-order valence-corrected chi connectivity index (χ1v) is 10.1. The Labute approximate surface area is 190 Å². The van der Waals surface area contributed by atoms with E-state index in [1.807, 2.05) is 30.3 Å². The van der Waals surface area contributed by atoms with Gasteiger partial charge >= 0.3 is 0 Å². The first kappa shape index (κ1) is 23.7. The fourth-order valence-electron chi connectivity index (χ4n) is 3.03. The summed E-state index contributed by atoms with van der Waals surface area (Å²) in [5, 5.41) is 6.79. The highest BCUT2D eigenvalue weighted by atomic mass is 127. The van der Waals surface area contributed by atoms with Gasteiger partial charge in [-0.1, -0.05) is 30.3 Å². The molecule has 1 fully saturated rings. The second-order valence-electron chi connectivity index (χ2n) is 6.99. The van der Waals surface area contributed by atoms with Crippen molar-refractivity contribution in [3.05, 3.63) is 60.1 Å². The number of aliphatic imine (C=N–C) groups is 1. The number of ether oxygens (including phenoxy) is 2. The summed E-state index contributed by atoms with van der Waals surface area (Å²) in [7, 11) is 0. The number of benzene rings is 1. The lowest BCUT2D eigenvalue weighted by Crippen LogP contribution is -2.39. The van der Waals surface area contributed by atoms with Gasteiger partial charge < -0.3 is 24.5 Å². The minimum absolute atomic E-state index is 0. The maximum absolute atomic E-state index is 5.77. The summed E-state index contributed by atoms with van der Waals surface area (Å²) < 4.78 is 16.5. The summed E-state index contributed by atoms with van der Waals surface area (Å²) in [6, 6.07) is 14.2. The maximum atomic E-state index is 5.77. The van der Waals surface area contributed by atoms with E-state index in [4.69, 9.17) is 18.9 Å². The number of rotatable bonds is 11. The van der Waals surface area contributed by atoms with Crippen LogP contribution in [0.1, 0.15) is 24.2 Å². The summed E-state index contributed by atoms with van der Waals surface area (Å²) in [5.41, 5.74) is 1.19. The number of furan rings is 1. The van der Waals surface area contributed by atoms with Crippen molar-refractivity contribution < 1.29 is 13.9 Å². The molecule has 1 unspecified atom stereocenters. The zero-order chi connectivity index (χ0) is 19.3. The smallest absolute Gasteiger partial charge is 0.191 e. The lowest BCUT2D eigenvalue weighted by molar-refractivity contribution is 0.0888.